The molecule has 0 fully saturated rings. The molecule has 1 heterocycles. The molecule has 0 saturated carbocycles. The molecule has 1 nitrogen and oxygen atoms in total. The highest BCUT2D eigenvalue weighted by molar-refractivity contribution is 5.92. The number of pyridine rings is 1. The van der Waals surface area contributed by atoms with Gasteiger partial charge in [-0.3, -0.25) is 4.98 Å². The first kappa shape index (κ1) is 6.84. The van der Waals surface area contributed by atoms with Gasteiger partial charge in [0.05, 0.1) is 5.52 Å². The van der Waals surface area contributed by atoms with Gasteiger partial charge in [-0.25, -0.2) is 0 Å². The van der Waals surface area contributed by atoms with Gasteiger partial charge in [-0.15, -0.1) is 0 Å². The van der Waals surface area contributed by atoms with Crippen LogP contribution in [-0.2, 0) is 6.42 Å². The molecule has 1 aromatic heterocycles. The van der Waals surface area contributed by atoms with Crippen LogP contribution in [0.3, 0.4) is 0 Å². The number of nitrogens with zero attached hydrogens (tertiary/aromatic N) is 1. The van der Waals surface area contributed by atoms with Crippen molar-refractivity contribution in [2.24, 2.45) is 0 Å². The quantitative estimate of drug-likeness (QED) is 0.588. The summed E-state index contributed by atoms with van der Waals surface area (Å²) in [5.74, 6) is 0. The second-order valence-corrected chi connectivity index (χ2v) is 3.32. The normalized spacial score (nSPS) is 13.5. The van der Waals surface area contributed by atoms with Gasteiger partial charge in [-0.05, 0) is 29.7 Å². The summed E-state index contributed by atoms with van der Waals surface area (Å²) in [5, 5.41) is 1.33. The lowest BCUT2D eigenvalue weighted by Gasteiger charge is -2.10. The highest BCUT2D eigenvalue weighted by atomic mass is 14.6. The molecule has 0 atom stereocenters. The predicted molar refractivity (Wildman–Crippen MR) is 54.5 cm³/mol. The fourth-order valence-electron chi connectivity index (χ4n) is 1.93. The maximum Gasteiger partial charge on any atom is 0.0710 e. The molecule has 0 amide bonds. The van der Waals surface area contributed by atoms with Crippen LogP contribution in [0.25, 0.3) is 17.0 Å². The third-order valence-corrected chi connectivity index (χ3v) is 2.52. The smallest absolute Gasteiger partial charge is 0.0710 e. The van der Waals surface area contributed by atoms with E-state index in [1.165, 1.54) is 16.5 Å². The number of benzene rings is 1. The number of allylic oxidation sites excluding steroid dienone is 1. The van der Waals surface area contributed by atoms with Crippen molar-refractivity contribution in [3.63, 3.8) is 0 Å². The monoisotopic (exact) mass is 167 g/mol. The first-order valence-corrected chi connectivity index (χ1v) is 4.48. The van der Waals surface area contributed by atoms with Gasteiger partial charge in [-0.2, -0.15) is 0 Å². The van der Waals surface area contributed by atoms with E-state index in [1.54, 1.807) is 0 Å². The van der Waals surface area contributed by atoms with Crippen LogP contribution in [-0.4, -0.2) is 4.98 Å². The first-order valence-electron chi connectivity index (χ1n) is 4.48. The van der Waals surface area contributed by atoms with E-state index in [9.17, 15) is 0 Å². The first-order chi connectivity index (χ1) is 6.45. The Morgan fingerprint density at radius 1 is 1.15 bits per heavy atom. The lowest BCUT2D eigenvalue weighted by atomic mass is 9.96. The summed E-state index contributed by atoms with van der Waals surface area (Å²) in [5.41, 5.74) is 3.80. The minimum Gasteiger partial charge on any atom is -0.256 e. The van der Waals surface area contributed by atoms with Crippen molar-refractivity contribution >= 4 is 17.0 Å². The summed E-state index contributed by atoms with van der Waals surface area (Å²) in [6.45, 7) is 0. The van der Waals surface area contributed by atoms with Crippen LogP contribution in [0, 0.1) is 0 Å². The largest absolute Gasteiger partial charge is 0.256 e. The van der Waals surface area contributed by atoms with Crippen molar-refractivity contribution in [3.05, 3.63) is 47.7 Å². The Labute approximate surface area is 76.7 Å². The summed E-state index contributed by atoms with van der Waals surface area (Å²) in [4.78, 5) is 4.35. The van der Waals surface area contributed by atoms with E-state index in [1.807, 2.05) is 6.20 Å². The molecule has 1 aliphatic carbocycles. The standard InChI is InChI=1S/C12H9N/c1-3-9-5-2-6-11-12(9)10(4-1)7-8-13-11/h1-2,4-8H,3H2. The van der Waals surface area contributed by atoms with Crippen LogP contribution in [0.2, 0.25) is 0 Å². The van der Waals surface area contributed by atoms with Gasteiger partial charge in [0, 0.05) is 11.6 Å². The molecular formula is C12H9N. The molecule has 1 aromatic carbocycles. The zero-order chi connectivity index (χ0) is 8.67. The average Bonchev–Trinajstić information content (AvgIpc) is 2.19. The van der Waals surface area contributed by atoms with Crippen molar-refractivity contribution in [2.75, 3.05) is 0 Å². The predicted octanol–water partition coefficient (Wildman–Crippen LogP) is 2.80. The topological polar surface area (TPSA) is 12.9 Å². The van der Waals surface area contributed by atoms with Gasteiger partial charge in [0.2, 0.25) is 0 Å². The maximum atomic E-state index is 4.35. The Balaban J connectivity index is 2.56. The van der Waals surface area contributed by atoms with Crippen molar-refractivity contribution in [2.45, 2.75) is 6.42 Å². The van der Waals surface area contributed by atoms with Crippen molar-refractivity contribution < 1.29 is 0 Å². The summed E-state index contributed by atoms with van der Waals surface area (Å²) in [6, 6.07) is 8.40. The number of aromatic nitrogens is 1. The SMILES string of the molecule is C1=Cc2ccnc3cccc(c23)C1. The summed E-state index contributed by atoms with van der Waals surface area (Å²) >= 11 is 0. The van der Waals surface area contributed by atoms with Crippen molar-refractivity contribution in [1.29, 1.82) is 0 Å². The zero-order valence-electron chi connectivity index (χ0n) is 7.20. The highest BCUT2D eigenvalue weighted by Gasteiger charge is 2.07. The third kappa shape index (κ3) is 0.903. The number of hydrogen-bond donors (Lipinski definition) is 0. The molecule has 13 heavy (non-hydrogen) atoms. The molecule has 0 bridgehead atoms. The minimum absolute atomic E-state index is 1.04. The third-order valence-electron chi connectivity index (χ3n) is 2.52. The van der Waals surface area contributed by atoms with Crippen LogP contribution >= 0.6 is 0 Å². The molecular weight excluding hydrogens is 158 g/mol. The van der Waals surface area contributed by atoms with Crippen LogP contribution < -0.4 is 0 Å². The highest BCUT2D eigenvalue weighted by Crippen LogP contribution is 2.26. The van der Waals surface area contributed by atoms with Crippen molar-refractivity contribution in [1.82, 2.24) is 4.98 Å². The van der Waals surface area contributed by atoms with Gasteiger partial charge in [0.25, 0.3) is 0 Å². The van der Waals surface area contributed by atoms with Gasteiger partial charge in [0.15, 0.2) is 0 Å². The van der Waals surface area contributed by atoms with E-state index in [-0.39, 0.29) is 0 Å². The second-order valence-electron chi connectivity index (χ2n) is 3.32. The molecule has 0 spiro atoms. The zero-order valence-corrected chi connectivity index (χ0v) is 7.20. The Morgan fingerprint density at radius 2 is 2.15 bits per heavy atom. The Morgan fingerprint density at radius 3 is 3.15 bits per heavy atom. The van der Waals surface area contributed by atoms with Crippen LogP contribution in [0.5, 0.6) is 0 Å². The van der Waals surface area contributed by atoms with E-state index in [4.69, 9.17) is 0 Å². The van der Waals surface area contributed by atoms with Crippen molar-refractivity contribution in [3.8, 4) is 0 Å². The van der Waals surface area contributed by atoms with Gasteiger partial charge in [0.1, 0.15) is 0 Å². The lowest BCUT2D eigenvalue weighted by molar-refractivity contribution is 1.27. The molecule has 2 aromatic rings. The lowest BCUT2D eigenvalue weighted by Crippen LogP contribution is -1.93. The van der Waals surface area contributed by atoms with E-state index >= 15 is 0 Å². The van der Waals surface area contributed by atoms with E-state index in [2.05, 4.69) is 41.4 Å². The van der Waals surface area contributed by atoms with E-state index in [0.717, 1.165) is 11.9 Å². The molecule has 0 radical (unpaired) electrons. The molecule has 62 valence electrons. The molecule has 0 N–H and O–H groups in total. The molecule has 3 rings (SSSR count). The summed E-state index contributed by atoms with van der Waals surface area (Å²) in [7, 11) is 0. The maximum absolute atomic E-state index is 4.35. The van der Waals surface area contributed by atoms with E-state index < -0.39 is 0 Å². The number of hydrogen-bond acceptors (Lipinski definition) is 1. The molecule has 0 saturated heterocycles. The van der Waals surface area contributed by atoms with Crippen LogP contribution in [0.1, 0.15) is 11.1 Å². The average molecular weight is 167 g/mol. The van der Waals surface area contributed by atoms with Gasteiger partial charge >= 0.3 is 0 Å². The number of rotatable bonds is 0. The Bertz CT molecular complexity index is 492. The molecule has 0 unspecified atom stereocenters. The molecule has 1 heteroatoms. The Hall–Kier alpha value is -1.63. The molecule has 1 aliphatic rings. The Kier molecular flexibility index (Phi) is 1.28. The second kappa shape index (κ2) is 2.43. The fourth-order valence-corrected chi connectivity index (χ4v) is 1.93. The van der Waals surface area contributed by atoms with Gasteiger partial charge < -0.3 is 0 Å². The fraction of sp³-hybridized carbons (Fsp3) is 0.0833. The van der Waals surface area contributed by atoms with Crippen LogP contribution in [0.4, 0.5) is 0 Å². The summed E-state index contributed by atoms with van der Waals surface area (Å²) < 4.78 is 0. The van der Waals surface area contributed by atoms with Crippen LogP contribution in [0.15, 0.2) is 36.5 Å². The van der Waals surface area contributed by atoms with E-state index in [0.29, 0.717) is 0 Å². The minimum atomic E-state index is 1.04. The molecule has 0 aliphatic heterocycles. The van der Waals surface area contributed by atoms with Gasteiger partial charge in [-0.1, -0.05) is 24.3 Å². The summed E-state index contributed by atoms with van der Waals surface area (Å²) in [6.07, 6.45) is 7.29.